The summed E-state index contributed by atoms with van der Waals surface area (Å²) in [4.78, 5) is 18.8. The molecule has 0 saturated carbocycles. The van der Waals surface area contributed by atoms with Crippen LogP contribution in [0.15, 0.2) is 51.7 Å². The molecule has 1 heterocycles. The average Bonchev–Trinajstić information content (AvgIpc) is 2.58. The second kappa shape index (κ2) is 7.74. The largest absolute Gasteiger partial charge is 0.472 e. The van der Waals surface area contributed by atoms with Crippen LogP contribution in [0.1, 0.15) is 17.0 Å². The summed E-state index contributed by atoms with van der Waals surface area (Å²) in [5.41, 5.74) is 0.249. The van der Waals surface area contributed by atoms with Gasteiger partial charge in [0.1, 0.15) is 34.4 Å². The molecule has 3 rings (SSSR count). The highest BCUT2D eigenvalue weighted by atomic mass is 79.9. The van der Waals surface area contributed by atoms with Gasteiger partial charge < -0.3 is 9.72 Å². The first-order valence-corrected chi connectivity index (χ1v) is 8.31. The molecule has 8 heteroatoms. The number of hydrogen-bond acceptors (Lipinski definition) is 3. The Balaban J connectivity index is 1.82. The van der Waals surface area contributed by atoms with E-state index in [1.165, 1.54) is 18.2 Å². The maximum atomic E-state index is 13.7. The molecule has 0 bridgehead atoms. The molecule has 0 saturated heterocycles. The van der Waals surface area contributed by atoms with Crippen LogP contribution >= 0.6 is 15.9 Å². The number of aromatic nitrogens is 2. The van der Waals surface area contributed by atoms with Crippen LogP contribution < -0.4 is 10.3 Å². The van der Waals surface area contributed by atoms with E-state index in [2.05, 4.69) is 25.9 Å². The first-order valence-electron chi connectivity index (χ1n) is 7.52. The van der Waals surface area contributed by atoms with Crippen LogP contribution in [0.3, 0.4) is 0 Å². The lowest BCUT2D eigenvalue weighted by atomic mass is 10.1. The van der Waals surface area contributed by atoms with Gasteiger partial charge in [-0.25, -0.2) is 13.2 Å². The molecule has 2 aromatic carbocycles. The van der Waals surface area contributed by atoms with Crippen LogP contribution in [0.2, 0.25) is 0 Å². The minimum Gasteiger partial charge on any atom is -0.472 e. The lowest BCUT2D eigenvalue weighted by Gasteiger charge is -2.10. The molecule has 1 N–H and O–H groups in total. The molecule has 0 radical (unpaired) electrons. The van der Waals surface area contributed by atoms with E-state index >= 15 is 0 Å². The molecular formula is C18H12BrF3N2O2. The number of nitrogens with zero attached hydrogens (tertiary/aromatic N) is 1. The van der Waals surface area contributed by atoms with E-state index in [4.69, 9.17) is 4.74 Å². The van der Waals surface area contributed by atoms with Gasteiger partial charge in [-0.1, -0.05) is 12.1 Å². The summed E-state index contributed by atoms with van der Waals surface area (Å²) in [5.74, 6) is -1.63. The lowest BCUT2D eigenvalue weighted by Crippen LogP contribution is -2.15. The molecule has 0 aliphatic carbocycles. The molecule has 0 fully saturated rings. The molecule has 4 nitrogen and oxygen atoms in total. The van der Waals surface area contributed by atoms with Crippen molar-refractivity contribution in [2.75, 3.05) is 0 Å². The summed E-state index contributed by atoms with van der Waals surface area (Å²) < 4.78 is 45.4. The molecule has 26 heavy (non-hydrogen) atoms. The molecule has 0 atom stereocenters. The van der Waals surface area contributed by atoms with E-state index < -0.39 is 23.0 Å². The van der Waals surface area contributed by atoms with E-state index in [1.807, 2.05) is 0 Å². The summed E-state index contributed by atoms with van der Waals surface area (Å²) in [5, 5.41) is 0. The molecule has 0 spiro atoms. The Kier molecular flexibility index (Phi) is 5.41. The van der Waals surface area contributed by atoms with Crippen molar-refractivity contribution in [3.05, 3.63) is 91.7 Å². The first kappa shape index (κ1) is 18.2. The van der Waals surface area contributed by atoms with Gasteiger partial charge in [-0.3, -0.25) is 4.79 Å². The van der Waals surface area contributed by atoms with Gasteiger partial charge in [0, 0.05) is 18.1 Å². The third-order valence-corrected chi connectivity index (χ3v) is 4.22. The highest BCUT2D eigenvalue weighted by Crippen LogP contribution is 2.21. The number of H-pyrrole nitrogens is 1. The fourth-order valence-electron chi connectivity index (χ4n) is 2.29. The maximum Gasteiger partial charge on any atom is 0.269 e. The van der Waals surface area contributed by atoms with Crippen molar-refractivity contribution in [3.63, 3.8) is 0 Å². The molecule has 0 amide bonds. The maximum absolute atomic E-state index is 13.7. The van der Waals surface area contributed by atoms with Gasteiger partial charge in [0.05, 0.1) is 0 Å². The predicted molar refractivity (Wildman–Crippen MR) is 92.5 cm³/mol. The summed E-state index contributed by atoms with van der Waals surface area (Å²) >= 11 is 3.07. The van der Waals surface area contributed by atoms with Gasteiger partial charge in [-0.2, -0.15) is 4.98 Å². The fourth-order valence-corrected chi connectivity index (χ4v) is 2.59. The Hall–Kier alpha value is -2.61. The van der Waals surface area contributed by atoms with Crippen molar-refractivity contribution < 1.29 is 17.9 Å². The number of aromatic amines is 1. The number of benzene rings is 2. The minimum atomic E-state index is -0.758. The van der Waals surface area contributed by atoms with Crippen molar-refractivity contribution in [3.8, 4) is 5.88 Å². The second-order valence-electron chi connectivity index (χ2n) is 5.46. The predicted octanol–water partition coefficient (Wildman–Crippen LogP) is 4.12. The Bertz CT molecular complexity index is 1010. The highest BCUT2D eigenvalue weighted by molar-refractivity contribution is 9.10. The summed E-state index contributed by atoms with van der Waals surface area (Å²) in [6.45, 7) is -0.236. The van der Waals surface area contributed by atoms with Crippen molar-refractivity contribution >= 4 is 15.9 Å². The molecule has 0 aliphatic heterocycles. The van der Waals surface area contributed by atoms with Gasteiger partial charge in [0.25, 0.3) is 5.56 Å². The molecular weight excluding hydrogens is 413 g/mol. The van der Waals surface area contributed by atoms with Crippen molar-refractivity contribution in [1.29, 1.82) is 0 Å². The molecule has 1 aromatic heterocycles. The van der Waals surface area contributed by atoms with Gasteiger partial charge in [0.2, 0.25) is 5.88 Å². The molecule has 3 aromatic rings. The standard InChI is InChI=1S/C18H12BrF3N2O2/c19-16-17(25)23-15(7-10-2-1-3-12(20)6-10)24-18(16)26-9-11-4-5-13(21)8-14(11)22/h1-6,8H,7,9H2,(H,23,24,25). The Morgan fingerprint density at radius 1 is 1.08 bits per heavy atom. The van der Waals surface area contributed by atoms with Crippen LogP contribution in [-0.2, 0) is 13.0 Å². The van der Waals surface area contributed by atoms with Gasteiger partial charge in [-0.05, 0) is 45.8 Å². The molecule has 0 aliphatic rings. The van der Waals surface area contributed by atoms with Gasteiger partial charge in [0.15, 0.2) is 0 Å². The van der Waals surface area contributed by atoms with Crippen molar-refractivity contribution in [1.82, 2.24) is 9.97 Å². The van der Waals surface area contributed by atoms with Crippen LogP contribution in [0.4, 0.5) is 13.2 Å². The van der Waals surface area contributed by atoms with E-state index in [-0.39, 0.29) is 34.8 Å². The zero-order valence-electron chi connectivity index (χ0n) is 13.2. The van der Waals surface area contributed by atoms with E-state index in [0.29, 0.717) is 5.56 Å². The normalized spacial score (nSPS) is 10.8. The van der Waals surface area contributed by atoms with Crippen LogP contribution in [0, 0.1) is 17.5 Å². The van der Waals surface area contributed by atoms with Crippen molar-refractivity contribution in [2.45, 2.75) is 13.0 Å². The third kappa shape index (κ3) is 4.32. The number of hydrogen-bond donors (Lipinski definition) is 1. The average molecular weight is 425 g/mol. The van der Waals surface area contributed by atoms with Gasteiger partial charge in [-0.15, -0.1) is 0 Å². The zero-order valence-corrected chi connectivity index (χ0v) is 14.8. The Morgan fingerprint density at radius 2 is 1.85 bits per heavy atom. The molecule has 134 valence electrons. The quantitative estimate of drug-likeness (QED) is 0.670. The van der Waals surface area contributed by atoms with E-state index in [9.17, 15) is 18.0 Å². The highest BCUT2D eigenvalue weighted by Gasteiger charge is 2.13. The van der Waals surface area contributed by atoms with E-state index in [0.717, 1.165) is 12.1 Å². The summed E-state index contributed by atoms with van der Waals surface area (Å²) in [6.07, 6.45) is 0.182. The second-order valence-corrected chi connectivity index (χ2v) is 6.26. The Morgan fingerprint density at radius 3 is 2.58 bits per heavy atom. The van der Waals surface area contributed by atoms with Crippen LogP contribution in [0.25, 0.3) is 0 Å². The monoisotopic (exact) mass is 424 g/mol. The minimum absolute atomic E-state index is 0.0381. The van der Waals surface area contributed by atoms with Crippen molar-refractivity contribution in [2.24, 2.45) is 0 Å². The Labute approximate surface area is 154 Å². The summed E-state index contributed by atoms with van der Waals surface area (Å²) in [6, 6.07) is 8.99. The van der Waals surface area contributed by atoms with Crippen LogP contribution in [-0.4, -0.2) is 9.97 Å². The van der Waals surface area contributed by atoms with Crippen LogP contribution in [0.5, 0.6) is 5.88 Å². The first-order chi connectivity index (χ1) is 12.4. The SMILES string of the molecule is O=c1[nH]c(Cc2cccc(F)c2)nc(OCc2ccc(F)cc2F)c1Br. The number of nitrogens with one attached hydrogen (secondary N) is 1. The smallest absolute Gasteiger partial charge is 0.269 e. The topological polar surface area (TPSA) is 55.0 Å². The third-order valence-electron chi connectivity index (χ3n) is 3.52. The zero-order chi connectivity index (χ0) is 18.7. The number of ether oxygens (including phenoxy) is 1. The fraction of sp³-hybridized carbons (Fsp3) is 0.111. The van der Waals surface area contributed by atoms with E-state index in [1.54, 1.807) is 12.1 Å². The summed E-state index contributed by atoms with van der Waals surface area (Å²) in [7, 11) is 0. The lowest BCUT2D eigenvalue weighted by molar-refractivity contribution is 0.283. The molecule has 0 unspecified atom stereocenters. The number of rotatable bonds is 5. The van der Waals surface area contributed by atoms with Gasteiger partial charge >= 0.3 is 0 Å². The number of halogens is 4.